The SMILES string of the molecule is CCNC(=NC)NSn1cc(-c2cccc(-c3ccc(O)cc3)n2)[nH]1.S. The number of aromatic hydroxyl groups is 1. The van der Waals surface area contributed by atoms with Crippen molar-refractivity contribution in [3.05, 3.63) is 48.7 Å². The second-order valence-electron chi connectivity index (χ2n) is 5.23. The fourth-order valence-electron chi connectivity index (χ4n) is 2.20. The van der Waals surface area contributed by atoms with E-state index in [4.69, 9.17) is 0 Å². The molecule has 2 aromatic heterocycles. The fraction of sp³-hybridized carbons (Fsp3) is 0.176. The number of hydrogen-bond donors (Lipinski definition) is 4. The van der Waals surface area contributed by atoms with Gasteiger partial charge in [0.25, 0.3) is 0 Å². The highest BCUT2D eigenvalue weighted by Gasteiger charge is 2.09. The summed E-state index contributed by atoms with van der Waals surface area (Å²) in [5.41, 5.74) is 3.62. The van der Waals surface area contributed by atoms with Gasteiger partial charge >= 0.3 is 0 Å². The lowest BCUT2D eigenvalue weighted by Crippen LogP contribution is -2.34. The van der Waals surface area contributed by atoms with E-state index >= 15 is 0 Å². The molecule has 4 N–H and O–H groups in total. The Kier molecular flexibility index (Phi) is 7.05. The van der Waals surface area contributed by atoms with Crippen molar-refractivity contribution in [1.29, 1.82) is 0 Å². The predicted octanol–water partition coefficient (Wildman–Crippen LogP) is 2.96. The molecule has 26 heavy (non-hydrogen) atoms. The number of guanidine groups is 1. The minimum atomic E-state index is 0. The van der Waals surface area contributed by atoms with Gasteiger partial charge in [-0.05, 0) is 43.3 Å². The Balaban J connectivity index is 0.00000243. The Morgan fingerprint density at radius 2 is 1.92 bits per heavy atom. The lowest BCUT2D eigenvalue weighted by Gasteiger charge is -2.16. The Bertz CT molecular complexity index is 844. The molecule has 0 saturated heterocycles. The zero-order chi connectivity index (χ0) is 17.6. The molecule has 0 aliphatic rings. The molecule has 3 rings (SSSR count). The first kappa shape index (κ1) is 19.8. The Morgan fingerprint density at radius 1 is 1.23 bits per heavy atom. The standard InChI is InChI=1S/C17H20N6OS.H2S/c1-3-19-17(18-2)22-25-23-11-16(21-23)15-6-4-5-14(20-15)12-7-9-13(24)10-8-12;/h4-11,21,24H,3H2,1-2H3,(H2,18,19,22);1H2. The normalized spacial score (nSPS) is 11.1. The maximum absolute atomic E-state index is 9.40. The van der Waals surface area contributed by atoms with Gasteiger partial charge in [-0.2, -0.15) is 13.5 Å². The molecule has 0 radical (unpaired) electrons. The van der Waals surface area contributed by atoms with Crippen LogP contribution in [-0.2, 0) is 0 Å². The minimum Gasteiger partial charge on any atom is -0.508 e. The molecule has 7 nitrogen and oxygen atoms in total. The summed E-state index contributed by atoms with van der Waals surface area (Å²) in [5.74, 6) is 0.972. The molecule has 1 aromatic carbocycles. The monoisotopic (exact) mass is 390 g/mol. The molecule has 3 aromatic rings. The van der Waals surface area contributed by atoms with E-state index in [1.54, 1.807) is 19.2 Å². The van der Waals surface area contributed by atoms with Crippen LogP contribution in [0.25, 0.3) is 22.6 Å². The number of pyridine rings is 1. The first-order chi connectivity index (χ1) is 12.2. The Labute approximate surface area is 163 Å². The maximum Gasteiger partial charge on any atom is 0.202 e. The first-order valence-corrected chi connectivity index (χ1v) is 8.65. The summed E-state index contributed by atoms with van der Waals surface area (Å²) >= 11 is 1.38. The number of H-pyrrole nitrogens is 1. The van der Waals surface area contributed by atoms with Crippen LogP contribution in [-0.4, -0.2) is 38.8 Å². The molecule has 0 atom stereocenters. The number of aromatic amines is 1. The van der Waals surface area contributed by atoms with E-state index in [9.17, 15) is 5.11 Å². The number of aliphatic imine (C=N–C) groups is 1. The van der Waals surface area contributed by atoms with Crippen LogP contribution in [0.15, 0.2) is 53.7 Å². The summed E-state index contributed by atoms with van der Waals surface area (Å²) in [6.45, 7) is 2.83. The quantitative estimate of drug-likeness (QED) is 0.305. The summed E-state index contributed by atoms with van der Waals surface area (Å²) in [7, 11) is 1.73. The molecule has 0 saturated carbocycles. The topological polar surface area (TPSA) is 90.3 Å². The lowest BCUT2D eigenvalue weighted by atomic mass is 10.1. The molecule has 0 aliphatic heterocycles. The second kappa shape index (κ2) is 9.25. The largest absolute Gasteiger partial charge is 0.508 e. The van der Waals surface area contributed by atoms with Crippen molar-refractivity contribution < 1.29 is 5.11 Å². The van der Waals surface area contributed by atoms with Crippen molar-refractivity contribution >= 4 is 31.6 Å². The van der Waals surface area contributed by atoms with Gasteiger partial charge < -0.3 is 10.4 Å². The molecule has 0 aliphatic carbocycles. The maximum atomic E-state index is 9.40. The number of phenols is 1. The summed E-state index contributed by atoms with van der Waals surface area (Å²) in [5, 5.41) is 15.7. The van der Waals surface area contributed by atoms with Crippen LogP contribution in [0.5, 0.6) is 5.75 Å². The highest BCUT2D eigenvalue weighted by Crippen LogP contribution is 2.24. The van der Waals surface area contributed by atoms with Crippen molar-refractivity contribution in [3.8, 4) is 28.4 Å². The molecule has 9 heteroatoms. The molecular formula is C17H22N6OS2. The van der Waals surface area contributed by atoms with Crippen LogP contribution < -0.4 is 10.0 Å². The van der Waals surface area contributed by atoms with E-state index in [0.717, 1.165) is 35.1 Å². The van der Waals surface area contributed by atoms with Crippen LogP contribution in [0.2, 0.25) is 0 Å². The number of hydrogen-bond acceptors (Lipinski definition) is 4. The third-order valence-corrected chi connectivity index (χ3v) is 4.15. The average Bonchev–Trinajstić information content (AvgIpc) is 2.60. The van der Waals surface area contributed by atoms with Crippen LogP contribution in [0.3, 0.4) is 0 Å². The zero-order valence-electron chi connectivity index (χ0n) is 14.5. The van der Waals surface area contributed by atoms with Gasteiger partial charge in [-0.25, -0.2) is 9.07 Å². The third kappa shape index (κ3) is 4.77. The highest BCUT2D eigenvalue weighted by molar-refractivity contribution is 7.96. The van der Waals surface area contributed by atoms with Gasteiger partial charge in [0.05, 0.1) is 35.4 Å². The van der Waals surface area contributed by atoms with Gasteiger partial charge in [-0.1, -0.05) is 6.07 Å². The molecule has 0 amide bonds. The van der Waals surface area contributed by atoms with E-state index in [2.05, 4.69) is 25.1 Å². The number of nitrogens with zero attached hydrogens (tertiary/aromatic N) is 3. The molecule has 138 valence electrons. The average molecular weight is 391 g/mol. The lowest BCUT2D eigenvalue weighted by molar-refractivity contribution is 0.475. The van der Waals surface area contributed by atoms with Crippen molar-refractivity contribution in [3.63, 3.8) is 0 Å². The molecular weight excluding hydrogens is 368 g/mol. The molecule has 0 fully saturated rings. The van der Waals surface area contributed by atoms with Crippen molar-refractivity contribution in [2.45, 2.75) is 6.92 Å². The van der Waals surface area contributed by atoms with E-state index in [-0.39, 0.29) is 19.2 Å². The van der Waals surface area contributed by atoms with Crippen LogP contribution in [0.4, 0.5) is 0 Å². The number of nitrogens with one attached hydrogen (secondary N) is 3. The molecule has 0 bridgehead atoms. The number of phenolic OH excluding ortho intramolecular Hbond substituents is 1. The summed E-state index contributed by atoms with van der Waals surface area (Å²) < 4.78 is 4.96. The summed E-state index contributed by atoms with van der Waals surface area (Å²) in [6.07, 6.45) is 1.96. The summed E-state index contributed by atoms with van der Waals surface area (Å²) in [4.78, 5) is 8.77. The molecule has 0 unspecified atom stereocenters. The van der Waals surface area contributed by atoms with Crippen molar-refractivity contribution in [1.82, 2.24) is 24.2 Å². The highest BCUT2D eigenvalue weighted by atomic mass is 32.2. The van der Waals surface area contributed by atoms with Gasteiger partial charge in [-0.15, -0.1) is 0 Å². The van der Waals surface area contributed by atoms with Crippen molar-refractivity contribution in [2.24, 2.45) is 4.99 Å². The van der Waals surface area contributed by atoms with Crippen molar-refractivity contribution in [2.75, 3.05) is 13.6 Å². The molecule has 0 spiro atoms. The van der Waals surface area contributed by atoms with Gasteiger partial charge in [0, 0.05) is 19.2 Å². The molecule has 2 heterocycles. The van der Waals surface area contributed by atoms with Gasteiger partial charge in [0.2, 0.25) is 5.96 Å². The fourth-order valence-corrected chi connectivity index (χ4v) is 2.85. The number of aromatic nitrogens is 3. The van der Waals surface area contributed by atoms with E-state index < -0.39 is 0 Å². The Hall–Kier alpha value is -2.52. The zero-order valence-corrected chi connectivity index (χ0v) is 16.3. The Morgan fingerprint density at radius 3 is 2.58 bits per heavy atom. The minimum absolute atomic E-state index is 0. The van der Waals surface area contributed by atoms with Gasteiger partial charge in [0.15, 0.2) is 0 Å². The third-order valence-electron chi connectivity index (χ3n) is 3.47. The number of rotatable bonds is 5. The van der Waals surface area contributed by atoms with Crippen LogP contribution >= 0.6 is 25.6 Å². The first-order valence-electron chi connectivity index (χ1n) is 7.87. The summed E-state index contributed by atoms with van der Waals surface area (Å²) in [6, 6.07) is 12.9. The van der Waals surface area contributed by atoms with Crippen LogP contribution in [0, 0.1) is 0 Å². The number of benzene rings is 1. The smallest absolute Gasteiger partial charge is 0.202 e. The van der Waals surface area contributed by atoms with Gasteiger partial charge in [-0.3, -0.25) is 14.8 Å². The van der Waals surface area contributed by atoms with Gasteiger partial charge in [0.1, 0.15) is 5.75 Å². The van der Waals surface area contributed by atoms with E-state index in [0.29, 0.717) is 0 Å². The predicted molar refractivity (Wildman–Crippen MR) is 113 cm³/mol. The second-order valence-corrected chi connectivity index (χ2v) is 6.01. The van der Waals surface area contributed by atoms with E-state index in [1.807, 2.05) is 47.5 Å². The van der Waals surface area contributed by atoms with Crippen LogP contribution in [0.1, 0.15) is 6.92 Å². The van der Waals surface area contributed by atoms with E-state index in [1.165, 1.54) is 12.1 Å².